The van der Waals surface area contributed by atoms with Gasteiger partial charge in [0.15, 0.2) is 25.2 Å². The molecule has 0 saturated heterocycles. The average Bonchev–Trinajstić information content (AvgIpc) is 3.03. The van der Waals surface area contributed by atoms with E-state index in [2.05, 4.69) is 0 Å². The van der Waals surface area contributed by atoms with Crippen LogP contribution in [-0.2, 0) is 137 Å². The fraction of sp³-hybridized carbons (Fsp3) is 0.118. The van der Waals surface area contributed by atoms with Gasteiger partial charge in [0.1, 0.15) is 0 Å². The van der Waals surface area contributed by atoms with Crippen molar-refractivity contribution in [2.75, 3.05) is 9.80 Å². The second kappa shape index (κ2) is 27.2. The third-order valence-corrected chi connectivity index (χ3v) is 7.16. The van der Waals surface area contributed by atoms with Crippen LogP contribution in [-0.4, -0.2) is 40.9 Å². The first-order chi connectivity index (χ1) is 21.1. The fourth-order valence-corrected chi connectivity index (χ4v) is 4.83. The number of rotatable bonds is 10. The predicted octanol–water partition coefficient (Wildman–Crippen LogP) is 4.54. The number of nitrogens with zero attached hydrogens (tertiary/aromatic N) is 2. The standard InChI is InChI=1S/C34H32N2O8.8Cu/c37-31(38)21-1-9-25(10-2-21)35(26-11-3-22(4-12-26)32(39)40)29-17-19-30(20-18-29)36(27-13-5-23(6-14-27)33(41)42)28-15-7-24(8-16-28)34(43)44;;;;;;;;/h1-20,31-34,37-44H;;;;;;;;. The van der Waals surface area contributed by atoms with Gasteiger partial charge in [-0.15, -0.1) is 0 Å². The third kappa shape index (κ3) is 14.6. The van der Waals surface area contributed by atoms with Gasteiger partial charge in [0, 0.05) is 193 Å². The normalized spacial score (nSPS) is 9.77. The van der Waals surface area contributed by atoms with Crippen LogP contribution in [0.1, 0.15) is 47.4 Å². The molecular weight excluding hydrogens is 1070 g/mol. The minimum atomic E-state index is -1.61. The molecule has 5 aromatic carbocycles. The molecule has 8 radical (unpaired) electrons. The molecule has 0 aromatic heterocycles. The van der Waals surface area contributed by atoms with E-state index in [1.54, 1.807) is 97.1 Å². The van der Waals surface area contributed by atoms with Crippen LogP contribution in [0.4, 0.5) is 34.1 Å². The van der Waals surface area contributed by atoms with Crippen LogP contribution in [0.15, 0.2) is 121 Å². The number of benzene rings is 5. The topological polar surface area (TPSA) is 168 Å². The van der Waals surface area contributed by atoms with Crippen molar-refractivity contribution in [1.29, 1.82) is 0 Å². The van der Waals surface area contributed by atoms with Crippen LogP contribution in [0.25, 0.3) is 0 Å². The Balaban J connectivity index is -0.00000144. The maximum Gasteiger partial charge on any atom is 0.178 e. The Morgan fingerprint density at radius 2 is 0.346 bits per heavy atom. The van der Waals surface area contributed by atoms with Crippen LogP contribution in [0.2, 0.25) is 0 Å². The summed E-state index contributed by atoms with van der Waals surface area (Å²) in [6.07, 6.45) is -6.45. The van der Waals surface area contributed by atoms with E-state index >= 15 is 0 Å². The van der Waals surface area contributed by atoms with Gasteiger partial charge in [-0.2, -0.15) is 0 Å². The molecule has 5 rings (SSSR count). The Morgan fingerprint density at radius 3 is 0.462 bits per heavy atom. The average molecular weight is 1110 g/mol. The van der Waals surface area contributed by atoms with Crippen molar-refractivity contribution in [2.24, 2.45) is 0 Å². The molecule has 10 nitrogen and oxygen atoms in total. The molecule has 0 fully saturated rings. The molecule has 0 bridgehead atoms. The molecule has 314 valence electrons. The van der Waals surface area contributed by atoms with Crippen molar-refractivity contribution in [2.45, 2.75) is 25.2 Å². The van der Waals surface area contributed by atoms with E-state index in [1.165, 1.54) is 0 Å². The minimum Gasteiger partial charge on any atom is -0.364 e. The molecule has 0 aliphatic heterocycles. The Labute approximate surface area is 386 Å². The van der Waals surface area contributed by atoms with E-state index in [-0.39, 0.29) is 137 Å². The molecule has 0 aliphatic rings. The second-order valence-electron chi connectivity index (χ2n) is 10.0. The zero-order chi connectivity index (χ0) is 31.4. The van der Waals surface area contributed by atoms with Gasteiger partial charge in [-0.1, -0.05) is 48.5 Å². The number of aliphatic hydroxyl groups excluding tert-OH is 4. The quantitative estimate of drug-likeness (QED) is 0.0736. The van der Waals surface area contributed by atoms with Crippen molar-refractivity contribution in [3.05, 3.63) is 144 Å². The molecule has 5 aromatic rings. The molecule has 18 heteroatoms. The zero-order valence-corrected chi connectivity index (χ0v) is 33.3. The third-order valence-electron chi connectivity index (χ3n) is 7.16. The van der Waals surface area contributed by atoms with Gasteiger partial charge in [-0.25, -0.2) is 0 Å². The summed E-state index contributed by atoms with van der Waals surface area (Å²) in [6.45, 7) is 0. The monoisotopic (exact) mass is 1100 g/mol. The number of hydrogen-bond acceptors (Lipinski definition) is 10. The van der Waals surface area contributed by atoms with E-state index in [9.17, 15) is 40.9 Å². The van der Waals surface area contributed by atoms with E-state index in [4.69, 9.17) is 0 Å². The minimum absolute atomic E-state index is 0. The van der Waals surface area contributed by atoms with Crippen LogP contribution >= 0.6 is 0 Å². The predicted molar refractivity (Wildman–Crippen MR) is 165 cm³/mol. The smallest absolute Gasteiger partial charge is 0.178 e. The number of hydrogen-bond donors (Lipinski definition) is 8. The molecule has 0 unspecified atom stereocenters. The van der Waals surface area contributed by atoms with E-state index in [0.29, 0.717) is 45.0 Å². The molecule has 0 spiro atoms. The summed E-state index contributed by atoms with van der Waals surface area (Å²) in [7, 11) is 0. The number of anilines is 6. The summed E-state index contributed by atoms with van der Waals surface area (Å²) >= 11 is 0. The largest absolute Gasteiger partial charge is 0.364 e. The van der Waals surface area contributed by atoms with Crippen molar-refractivity contribution < 1.29 is 177 Å². The van der Waals surface area contributed by atoms with Crippen molar-refractivity contribution in [3.8, 4) is 0 Å². The molecule has 0 saturated carbocycles. The van der Waals surface area contributed by atoms with Gasteiger partial charge in [-0.3, -0.25) is 0 Å². The first-order valence-electron chi connectivity index (χ1n) is 13.7. The SMILES string of the molecule is OC(O)c1ccc(N(c2ccc(C(O)O)cc2)c2ccc(N(c3ccc(C(O)O)cc3)c3ccc(C(O)O)cc3)cc2)cc1.[Cu].[Cu].[Cu].[Cu].[Cu].[Cu].[Cu].[Cu]. The van der Waals surface area contributed by atoms with Crippen molar-refractivity contribution >= 4 is 34.1 Å². The van der Waals surface area contributed by atoms with Crippen molar-refractivity contribution in [3.63, 3.8) is 0 Å². The van der Waals surface area contributed by atoms with Crippen LogP contribution in [0, 0.1) is 0 Å². The van der Waals surface area contributed by atoms with E-state index in [1.807, 2.05) is 34.1 Å². The van der Waals surface area contributed by atoms with Gasteiger partial charge in [0.25, 0.3) is 0 Å². The first kappa shape index (κ1) is 58.2. The molecule has 0 heterocycles. The molecule has 52 heavy (non-hydrogen) atoms. The molecule has 8 N–H and O–H groups in total. The van der Waals surface area contributed by atoms with Crippen LogP contribution in [0.3, 0.4) is 0 Å². The zero-order valence-electron chi connectivity index (χ0n) is 25.7. The summed E-state index contributed by atoms with van der Waals surface area (Å²) in [5, 5.41) is 76.5. The van der Waals surface area contributed by atoms with Gasteiger partial charge < -0.3 is 50.7 Å². The Morgan fingerprint density at radius 1 is 0.231 bits per heavy atom. The molecule has 0 aliphatic carbocycles. The van der Waals surface area contributed by atoms with E-state index in [0.717, 1.165) is 11.4 Å². The van der Waals surface area contributed by atoms with Crippen LogP contribution < -0.4 is 9.80 Å². The summed E-state index contributed by atoms with van der Waals surface area (Å²) in [6, 6.07) is 34.4. The maximum absolute atomic E-state index is 9.57. The maximum atomic E-state index is 9.57. The summed E-state index contributed by atoms with van der Waals surface area (Å²) < 4.78 is 0. The molecule has 0 amide bonds. The summed E-state index contributed by atoms with van der Waals surface area (Å²) in [5.74, 6) is 0. The Hall–Kier alpha value is -0.464. The number of aliphatic hydroxyl groups is 8. The van der Waals surface area contributed by atoms with Gasteiger partial charge >= 0.3 is 0 Å². The Kier molecular flexibility index (Phi) is 30.5. The van der Waals surface area contributed by atoms with Gasteiger partial charge in [0.2, 0.25) is 0 Å². The molecular formula is C34H32Cu8N2O8. The van der Waals surface area contributed by atoms with E-state index < -0.39 is 25.2 Å². The van der Waals surface area contributed by atoms with Gasteiger partial charge in [-0.05, 0) is 72.8 Å². The van der Waals surface area contributed by atoms with Crippen LogP contribution in [0.5, 0.6) is 0 Å². The molecule has 0 atom stereocenters. The second-order valence-corrected chi connectivity index (χ2v) is 10.0. The Bertz CT molecular complexity index is 1440. The first-order valence-corrected chi connectivity index (χ1v) is 13.7. The van der Waals surface area contributed by atoms with Gasteiger partial charge in [0.05, 0.1) is 0 Å². The summed E-state index contributed by atoms with van der Waals surface area (Å²) in [5.41, 5.74) is 5.69. The van der Waals surface area contributed by atoms with Crippen molar-refractivity contribution in [1.82, 2.24) is 0 Å². The summed E-state index contributed by atoms with van der Waals surface area (Å²) in [4.78, 5) is 3.84. The fourth-order valence-electron chi connectivity index (χ4n) is 4.83.